The molecule has 2 heterocycles. The molecule has 36 heavy (non-hydrogen) atoms. The average Bonchev–Trinajstić information content (AvgIpc) is 3.26. The summed E-state index contributed by atoms with van der Waals surface area (Å²) in [5.41, 5.74) is 6.43. The van der Waals surface area contributed by atoms with Crippen LogP contribution in [0, 0.1) is 11.3 Å². The molecule has 0 spiro atoms. The number of aromatic nitrogens is 1. The minimum atomic E-state index is -0.232. The molecule has 2 amide bonds. The zero-order chi connectivity index (χ0) is 26.0. The topological polar surface area (TPSA) is 86.7 Å². The number of hydrogen-bond acceptors (Lipinski definition) is 5. The fourth-order valence-electron chi connectivity index (χ4n) is 5.13. The fourth-order valence-corrected chi connectivity index (χ4v) is 5.13. The average molecular weight is 490 g/mol. The van der Waals surface area contributed by atoms with Crippen molar-refractivity contribution in [1.29, 1.82) is 0 Å². The summed E-state index contributed by atoms with van der Waals surface area (Å²) in [6.45, 7) is 7.72. The molecule has 2 aliphatic rings. The monoisotopic (exact) mass is 489 g/mol. The highest BCUT2D eigenvalue weighted by Crippen LogP contribution is 2.39. The number of aliphatic imine (C=N–C) groups is 1. The Bertz CT molecular complexity index is 1180. The summed E-state index contributed by atoms with van der Waals surface area (Å²) in [5.74, 6) is 0.308. The summed E-state index contributed by atoms with van der Waals surface area (Å²) >= 11 is 0. The minimum absolute atomic E-state index is 0.145. The maximum Gasteiger partial charge on any atom is 0.266 e. The zero-order valence-corrected chi connectivity index (χ0v) is 22.4. The van der Waals surface area contributed by atoms with Gasteiger partial charge in [0.25, 0.3) is 11.8 Å². The van der Waals surface area contributed by atoms with E-state index in [9.17, 15) is 9.59 Å². The van der Waals surface area contributed by atoms with E-state index in [-0.39, 0.29) is 23.3 Å². The van der Waals surface area contributed by atoms with E-state index < -0.39 is 0 Å². The number of benzene rings is 1. The molecule has 7 heteroatoms. The standard InChI is InChI=1S/C29H39N5O2/c1-29(2,3)21-10-11-22-20(15-21)16-24-25(31-22)17-26(32-24)28(36)33-23(12-13-34(5)6)18-8-7-9-19(14-18)27(35)30-4/h7-9,14,16,21,23H,10-13,15,17H2,1-6H3,(H,30,35)(H,33,36)/t21-,23+/m0/s1. The van der Waals surface area contributed by atoms with Crippen molar-refractivity contribution in [2.75, 3.05) is 27.7 Å². The van der Waals surface area contributed by atoms with Crippen molar-refractivity contribution in [3.8, 4) is 0 Å². The number of carbonyl (C=O) groups is 2. The molecule has 0 unspecified atom stereocenters. The van der Waals surface area contributed by atoms with Crippen LogP contribution in [0.1, 0.15) is 72.5 Å². The van der Waals surface area contributed by atoms with Crippen molar-refractivity contribution in [3.63, 3.8) is 0 Å². The smallest absolute Gasteiger partial charge is 0.266 e. The van der Waals surface area contributed by atoms with Crippen molar-refractivity contribution in [2.45, 2.75) is 58.9 Å². The fraction of sp³-hybridized carbons (Fsp3) is 0.517. The van der Waals surface area contributed by atoms with E-state index in [1.54, 1.807) is 13.1 Å². The van der Waals surface area contributed by atoms with E-state index in [2.05, 4.69) is 42.4 Å². The highest BCUT2D eigenvalue weighted by Gasteiger charge is 2.32. The Morgan fingerprint density at radius 2 is 1.92 bits per heavy atom. The molecule has 0 radical (unpaired) electrons. The van der Waals surface area contributed by atoms with Crippen LogP contribution in [-0.4, -0.2) is 55.1 Å². The number of aryl methyl sites for hydroxylation is 1. The lowest BCUT2D eigenvalue weighted by Gasteiger charge is -2.34. The zero-order valence-electron chi connectivity index (χ0n) is 22.4. The Morgan fingerprint density at radius 3 is 2.61 bits per heavy atom. The van der Waals surface area contributed by atoms with Gasteiger partial charge in [0.15, 0.2) is 0 Å². The molecular formula is C29H39N5O2. The van der Waals surface area contributed by atoms with Gasteiger partial charge in [0, 0.05) is 24.7 Å². The number of carbonyl (C=O) groups excluding carboxylic acids is 2. The Hall–Kier alpha value is -3.06. The van der Waals surface area contributed by atoms with E-state index in [1.165, 1.54) is 11.3 Å². The predicted octanol–water partition coefficient (Wildman–Crippen LogP) is 4.03. The predicted molar refractivity (Wildman–Crippen MR) is 144 cm³/mol. The lowest BCUT2D eigenvalue weighted by atomic mass is 9.71. The molecule has 0 fully saturated rings. The summed E-state index contributed by atoms with van der Waals surface area (Å²) in [6.07, 6.45) is 4.33. The molecule has 7 nitrogen and oxygen atoms in total. The molecule has 192 valence electrons. The number of nitrogens with zero attached hydrogens (tertiary/aromatic N) is 3. The van der Waals surface area contributed by atoms with Crippen LogP contribution in [0.4, 0.5) is 5.69 Å². The van der Waals surface area contributed by atoms with Crippen molar-refractivity contribution in [3.05, 3.63) is 58.4 Å². The quantitative estimate of drug-likeness (QED) is 0.615. The Balaban J connectivity index is 1.53. The summed E-state index contributed by atoms with van der Waals surface area (Å²) < 4.78 is 0. The normalized spacial score (nSPS) is 17.8. The maximum absolute atomic E-state index is 13.4. The largest absolute Gasteiger partial charge is 0.355 e. The number of amides is 2. The maximum atomic E-state index is 13.4. The van der Waals surface area contributed by atoms with Gasteiger partial charge in [-0.3, -0.25) is 14.6 Å². The molecule has 2 aromatic rings. The van der Waals surface area contributed by atoms with Gasteiger partial charge in [-0.25, -0.2) is 4.99 Å². The summed E-state index contributed by atoms with van der Waals surface area (Å²) in [7, 11) is 5.63. The first-order valence-corrected chi connectivity index (χ1v) is 12.9. The molecular weight excluding hydrogens is 450 g/mol. The number of fused-ring (bicyclic) bond motifs is 2. The lowest BCUT2D eigenvalue weighted by Crippen LogP contribution is -2.36. The lowest BCUT2D eigenvalue weighted by molar-refractivity contribution is -0.115. The number of nitrogens with one attached hydrogen (secondary N) is 2. The third-order valence-corrected chi connectivity index (χ3v) is 7.47. The van der Waals surface area contributed by atoms with Crippen LogP contribution >= 0.6 is 0 Å². The van der Waals surface area contributed by atoms with Gasteiger partial charge >= 0.3 is 0 Å². The summed E-state index contributed by atoms with van der Waals surface area (Å²) in [6, 6.07) is 9.38. The first-order valence-electron chi connectivity index (χ1n) is 12.9. The molecule has 1 aromatic heterocycles. The molecule has 1 aliphatic carbocycles. The molecule has 1 aliphatic heterocycles. The molecule has 1 aromatic carbocycles. The molecule has 0 saturated heterocycles. The van der Waals surface area contributed by atoms with Gasteiger partial charge in [-0.15, -0.1) is 0 Å². The number of rotatable bonds is 7. The van der Waals surface area contributed by atoms with E-state index in [0.29, 0.717) is 23.6 Å². The third kappa shape index (κ3) is 5.84. The molecule has 4 rings (SSSR count). The highest BCUT2D eigenvalue weighted by atomic mass is 16.2. The van der Waals surface area contributed by atoms with Crippen molar-refractivity contribution in [1.82, 2.24) is 20.5 Å². The second kappa shape index (κ2) is 10.5. The number of pyridine rings is 1. The molecule has 0 saturated carbocycles. The second-order valence-corrected chi connectivity index (χ2v) is 11.4. The summed E-state index contributed by atoms with van der Waals surface area (Å²) in [4.78, 5) is 37.3. The number of hydrogen-bond donors (Lipinski definition) is 2. The SMILES string of the molecule is CNC(=O)c1cccc([C@@H](CCN(C)C)NC(=O)C2=Nc3cc4c(nc3C2)CC[C@H](C(C)(C)C)C4)c1. The van der Waals surface area contributed by atoms with Crippen molar-refractivity contribution < 1.29 is 9.59 Å². The first kappa shape index (κ1) is 26.0. The summed E-state index contributed by atoms with van der Waals surface area (Å²) in [5, 5.41) is 5.86. The van der Waals surface area contributed by atoms with Crippen molar-refractivity contribution in [2.24, 2.45) is 16.3 Å². The van der Waals surface area contributed by atoms with E-state index in [0.717, 1.165) is 49.2 Å². The first-order chi connectivity index (χ1) is 17.0. The van der Waals surface area contributed by atoms with Crippen LogP contribution in [0.15, 0.2) is 35.3 Å². The molecule has 2 N–H and O–H groups in total. The molecule has 2 atom stereocenters. The second-order valence-electron chi connectivity index (χ2n) is 11.4. The third-order valence-electron chi connectivity index (χ3n) is 7.47. The van der Waals surface area contributed by atoms with Gasteiger partial charge in [-0.1, -0.05) is 32.9 Å². The Kier molecular flexibility index (Phi) is 7.59. The Morgan fingerprint density at radius 1 is 1.14 bits per heavy atom. The van der Waals surface area contributed by atoms with Crippen LogP contribution in [0.25, 0.3) is 0 Å². The van der Waals surface area contributed by atoms with Gasteiger partial charge in [0.1, 0.15) is 5.71 Å². The Labute approximate surface area is 214 Å². The van der Waals surface area contributed by atoms with E-state index >= 15 is 0 Å². The van der Waals surface area contributed by atoms with Crippen LogP contribution in [0.2, 0.25) is 0 Å². The molecule has 0 bridgehead atoms. The van der Waals surface area contributed by atoms with Crippen LogP contribution < -0.4 is 10.6 Å². The van der Waals surface area contributed by atoms with Gasteiger partial charge in [0.05, 0.1) is 17.4 Å². The van der Waals surface area contributed by atoms with Gasteiger partial charge in [-0.05, 0) is 87.0 Å². The van der Waals surface area contributed by atoms with E-state index in [4.69, 9.17) is 9.98 Å². The van der Waals surface area contributed by atoms with Gasteiger partial charge < -0.3 is 15.5 Å². The minimum Gasteiger partial charge on any atom is -0.355 e. The van der Waals surface area contributed by atoms with Gasteiger partial charge in [-0.2, -0.15) is 0 Å². The highest BCUT2D eigenvalue weighted by molar-refractivity contribution is 6.40. The van der Waals surface area contributed by atoms with Crippen LogP contribution in [0.3, 0.4) is 0 Å². The van der Waals surface area contributed by atoms with Crippen LogP contribution in [-0.2, 0) is 24.1 Å². The van der Waals surface area contributed by atoms with Crippen molar-refractivity contribution >= 4 is 23.2 Å². The van der Waals surface area contributed by atoms with Crippen LogP contribution in [0.5, 0.6) is 0 Å². The van der Waals surface area contributed by atoms with E-state index in [1.807, 2.05) is 32.3 Å². The van der Waals surface area contributed by atoms with Gasteiger partial charge in [0.2, 0.25) is 0 Å².